The van der Waals surface area contributed by atoms with E-state index in [1.165, 1.54) is 25.7 Å². The van der Waals surface area contributed by atoms with E-state index in [4.69, 9.17) is 5.84 Å². The van der Waals surface area contributed by atoms with Crippen LogP contribution in [-0.2, 0) is 0 Å². The number of nitrogen functional groups attached to an aromatic ring is 1. The molecule has 1 aliphatic carbocycles. The Bertz CT molecular complexity index is 619. The predicted molar refractivity (Wildman–Crippen MR) is 87.2 cm³/mol. The van der Waals surface area contributed by atoms with Gasteiger partial charge in [-0.3, -0.25) is 5.43 Å². The first kappa shape index (κ1) is 14.1. The van der Waals surface area contributed by atoms with E-state index in [0.717, 1.165) is 22.6 Å². The molecule has 3 rings (SSSR count). The van der Waals surface area contributed by atoms with Gasteiger partial charge in [0.1, 0.15) is 5.82 Å². The third-order valence-electron chi connectivity index (χ3n) is 4.58. The van der Waals surface area contributed by atoms with E-state index in [-0.39, 0.29) is 0 Å². The summed E-state index contributed by atoms with van der Waals surface area (Å²) >= 11 is 0. The third kappa shape index (κ3) is 2.78. The zero-order valence-electron chi connectivity index (χ0n) is 12.7. The number of aromatic nitrogens is 2. The molecule has 1 aliphatic rings. The molecule has 112 valence electrons. The lowest BCUT2D eigenvalue weighted by atomic mass is 9.86. The van der Waals surface area contributed by atoms with Crippen molar-refractivity contribution < 1.29 is 0 Å². The number of rotatable bonds is 3. The van der Waals surface area contributed by atoms with Crippen LogP contribution in [0.2, 0.25) is 0 Å². The fraction of sp³-hybridized carbons (Fsp3) is 0.500. The standard InChI is InChI=1S/C16H23N5/c1-11-7-9-12(10-8-11)21(2)15-13-5-3-4-6-14(13)18-16(19-15)20-17/h3-6,11-12H,7-10,17H2,1-2H3,(H,18,19,20). The highest BCUT2D eigenvalue weighted by Gasteiger charge is 2.24. The molecule has 3 N–H and O–H groups in total. The summed E-state index contributed by atoms with van der Waals surface area (Å²) in [6, 6.07) is 8.64. The molecule has 0 amide bonds. The fourth-order valence-electron chi connectivity index (χ4n) is 3.20. The molecule has 0 saturated heterocycles. The Kier molecular flexibility index (Phi) is 3.92. The number of hydrogen-bond acceptors (Lipinski definition) is 5. The molecule has 5 nitrogen and oxygen atoms in total. The van der Waals surface area contributed by atoms with Gasteiger partial charge in [0.05, 0.1) is 5.52 Å². The van der Waals surface area contributed by atoms with Crippen molar-refractivity contribution in [1.29, 1.82) is 0 Å². The minimum Gasteiger partial charge on any atom is -0.356 e. The normalized spacial score (nSPS) is 22.2. The largest absolute Gasteiger partial charge is 0.356 e. The van der Waals surface area contributed by atoms with Gasteiger partial charge in [-0.2, -0.15) is 4.98 Å². The minimum absolute atomic E-state index is 0.472. The number of benzene rings is 1. The first-order chi connectivity index (χ1) is 10.2. The maximum absolute atomic E-state index is 5.51. The Labute approximate surface area is 125 Å². The highest BCUT2D eigenvalue weighted by Crippen LogP contribution is 2.32. The molecular weight excluding hydrogens is 262 g/mol. The molecule has 1 aromatic heterocycles. The van der Waals surface area contributed by atoms with Crippen molar-refractivity contribution in [3.63, 3.8) is 0 Å². The van der Waals surface area contributed by atoms with E-state index in [1.807, 2.05) is 18.2 Å². The van der Waals surface area contributed by atoms with Crippen molar-refractivity contribution in [3.8, 4) is 0 Å². The molecule has 0 spiro atoms. The van der Waals surface area contributed by atoms with E-state index in [1.54, 1.807) is 0 Å². The van der Waals surface area contributed by atoms with Crippen LogP contribution < -0.4 is 16.2 Å². The quantitative estimate of drug-likeness (QED) is 0.670. The molecular formula is C16H23N5. The first-order valence-corrected chi connectivity index (χ1v) is 7.65. The summed E-state index contributed by atoms with van der Waals surface area (Å²) in [5, 5.41) is 1.08. The molecule has 0 aliphatic heterocycles. The van der Waals surface area contributed by atoms with Crippen LogP contribution in [0.3, 0.4) is 0 Å². The predicted octanol–water partition coefficient (Wildman–Crippen LogP) is 2.93. The van der Waals surface area contributed by atoms with Crippen molar-refractivity contribution in [3.05, 3.63) is 24.3 Å². The molecule has 0 radical (unpaired) electrons. The smallest absolute Gasteiger partial charge is 0.239 e. The Morgan fingerprint density at radius 1 is 1.14 bits per heavy atom. The Hall–Kier alpha value is -1.88. The summed E-state index contributed by atoms with van der Waals surface area (Å²) in [5.74, 6) is 7.80. The number of hydrazine groups is 1. The van der Waals surface area contributed by atoms with E-state index >= 15 is 0 Å². The van der Waals surface area contributed by atoms with Crippen molar-refractivity contribution in [1.82, 2.24) is 9.97 Å². The monoisotopic (exact) mass is 285 g/mol. The maximum atomic E-state index is 5.51. The number of hydrogen-bond donors (Lipinski definition) is 2. The number of nitrogens with one attached hydrogen (secondary N) is 1. The topological polar surface area (TPSA) is 67.1 Å². The summed E-state index contributed by atoms with van der Waals surface area (Å²) < 4.78 is 0. The Balaban J connectivity index is 1.98. The Morgan fingerprint density at radius 2 is 1.86 bits per heavy atom. The number of nitrogens with zero attached hydrogens (tertiary/aromatic N) is 3. The van der Waals surface area contributed by atoms with Gasteiger partial charge in [0.15, 0.2) is 0 Å². The van der Waals surface area contributed by atoms with Gasteiger partial charge < -0.3 is 4.90 Å². The van der Waals surface area contributed by atoms with Gasteiger partial charge in [-0.15, -0.1) is 0 Å². The average molecular weight is 285 g/mol. The zero-order chi connectivity index (χ0) is 14.8. The van der Waals surface area contributed by atoms with Gasteiger partial charge in [0.2, 0.25) is 5.95 Å². The van der Waals surface area contributed by atoms with Crippen LogP contribution in [0.1, 0.15) is 32.6 Å². The van der Waals surface area contributed by atoms with Crippen LogP contribution in [0, 0.1) is 5.92 Å². The summed E-state index contributed by atoms with van der Waals surface area (Å²) in [4.78, 5) is 11.3. The lowest BCUT2D eigenvalue weighted by Crippen LogP contribution is -2.35. The van der Waals surface area contributed by atoms with Crippen LogP contribution in [0.15, 0.2) is 24.3 Å². The van der Waals surface area contributed by atoms with Crippen molar-refractivity contribution in [2.24, 2.45) is 11.8 Å². The van der Waals surface area contributed by atoms with Gasteiger partial charge in [-0.25, -0.2) is 10.8 Å². The van der Waals surface area contributed by atoms with E-state index in [9.17, 15) is 0 Å². The molecule has 0 unspecified atom stereocenters. The van der Waals surface area contributed by atoms with E-state index < -0.39 is 0 Å². The van der Waals surface area contributed by atoms with Gasteiger partial charge in [-0.05, 0) is 43.7 Å². The van der Waals surface area contributed by atoms with Crippen molar-refractivity contribution >= 4 is 22.7 Å². The maximum Gasteiger partial charge on any atom is 0.239 e. The Morgan fingerprint density at radius 3 is 2.57 bits per heavy atom. The minimum atomic E-state index is 0.472. The van der Waals surface area contributed by atoms with Gasteiger partial charge >= 0.3 is 0 Å². The second-order valence-corrected chi connectivity index (χ2v) is 6.06. The number of anilines is 2. The van der Waals surface area contributed by atoms with E-state index in [2.05, 4.69) is 40.3 Å². The van der Waals surface area contributed by atoms with Crippen molar-refractivity contribution in [2.45, 2.75) is 38.6 Å². The molecule has 2 aromatic rings. The van der Waals surface area contributed by atoms with Crippen molar-refractivity contribution in [2.75, 3.05) is 17.4 Å². The first-order valence-electron chi connectivity index (χ1n) is 7.65. The molecule has 1 fully saturated rings. The lowest BCUT2D eigenvalue weighted by molar-refractivity contribution is 0.340. The van der Waals surface area contributed by atoms with Gasteiger partial charge in [-0.1, -0.05) is 19.1 Å². The number of fused-ring (bicyclic) bond motifs is 1. The summed E-state index contributed by atoms with van der Waals surface area (Å²) in [6.07, 6.45) is 5.03. The lowest BCUT2D eigenvalue weighted by Gasteiger charge is -2.34. The molecule has 21 heavy (non-hydrogen) atoms. The fourth-order valence-corrected chi connectivity index (χ4v) is 3.20. The molecule has 1 heterocycles. The van der Waals surface area contributed by atoms with Crippen LogP contribution in [0.5, 0.6) is 0 Å². The van der Waals surface area contributed by atoms with Crippen LogP contribution in [-0.4, -0.2) is 23.1 Å². The second-order valence-electron chi connectivity index (χ2n) is 6.06. The van der Waals surface area contributed by atoms with Gasteiger partial charge in [0.25, 0.3) is 0 Å². The highest BCUT2D eigenvalue weighted by atomic mass is 15.3. The molecule has 0 bridgehead atoms. The molecule has 5 heteroatoms. The second kappa shape index (κ2) is 5.85. The van der Waals surface area contributed by atoms with E-state index in [0.29, 0.717) is 12.0 Å². The van der Waals surface area contributed by atoms with Crippen LogP contribution >= 0.6 is 0 Å². The zero-order valence-corrected chi connectivity index (χ0v) is 12.7. The molecule has 0 atom stereocenters. The molecule has 1 saturated carbocycles. The van der Waals surface area contributed by atoms with Crippen LogP contribution in [0.25, 0.3) is 10.9 Å². The third-order valence-corrected chi connectivity index (χ3v) is 4.58. The average Bonchev–Trinajstić information content (AvgIpc) is 2.53. The summed E-state index contributed by atoms with van der Waals surface area (Å²) in [5.41, 5.74) is 3.50. The molecule has 1 aromatic carbocycles. The highest BCUT2D eigenvalue weighted by molar-refractivity contribution is 5.90. The number of para-hydroxylation sites is 1. The van der Waals surface area contributed by atoms with Crippen LogP contribution in [0.4, 0.5) is 11.8 Å². The SMILES string of the molecule is CC1CCC(N(C)c2nc(NN)nc3ccccc23)CC1. The van der Waals surface area contributed by atoms with Gasteiger partial charge in [0, 0.05) is 18.5 Å². The summed E-state index contributed by atoms with van der Waals surface area (Å²) in [6.45, 7) is 2.34. The summed E-state index contributed by atoms with van der Waals surface area (Å²) in [7, 11) is 2.13. The number of nitrogens with two attached hydrogens (primary N) is 1.